The van der Waals surface area contributed by atoms with Crippen LogP contribution in [0.4, 0.5) is 5.69 Å². The van der Waals surface area contributed by atoms with Crippen molar-refractivity contribution in [1.29, 1.82) is 0 Å². The van der Waals surface area contributed by atoms with E-state index in [1.54, 1.807) is 0 Å². The standard InChI is InChI=1S/C18H27N3O2/c1-3-13(2)17(22)21-15-8-6-7-14(11-15)12-20-18(23)16-9-4-5-10-19-16/h6-8,11,13,16,19H,3-5,9-10,12H2,1-2H3,(H,20,23)(H,21,22). The van der Waals surface area contributed by atoms with Crippen LogP contribution in [0.3, 0.4) is 0 Å². The Balaban J connectivity index is 1.87. The van der Waals surface area contributed by atoms with Gasteiger partial charge < -0.3 is 16.0 Å². The lowest BCUT2D eigenvalue weighted by atomic mass is 10.0. The minimum atomic E-state index is -0.0722. The molecule has 0 bridgehead atoms. The molecule has 0 spiro atoms. The van der Waals surface area contributed by atoms with Crippen molar-refractivity contribution in [2.24, 2.45) is 5.92 Å². The second kappa shape index (κ2) is 8.67. The van der Waals surface area contributed by atoms with E-state index in [0.29, 0.717) is 6.54 Å². The first-order chi connectivity index (χ1) is 11.1. The maximum absolute atomic E-state index is 12.1. The van der Waals surface area contributed by atoms with Crippen LogP contribution in [0.1, 0.15) is 45.1 Å². The molecule has 1 fully saturated rings. The van der Waals surface area contributed by atoms with E-state index in [4.69, 9.17) is 0 Å². The molecule has 2 rings (SSSR count). The zero-order chi connectivity index (χ0) is 16.7. The molecule has 126 valence electrons. The van der Waals surface area contributed by atoms with Crippen molar-refractivity contribution >= 4 is 17.5 Å². The van der Waals surface area contributed by atoms with E-state index in [-0.39, 0.29) is 23.8 Å². The summed E-state index contributed by atoms with van der Waals surface area (Å²) in [5.41, 5.74) is 1.76. The Morgan fingerprint density at radius 3 is 2.87 bits per heavy atom. The molecular weight excluding hydrogens is 290 g/mol. The number of benzene rings is 1. The van der Waals surface area contributed by atoms with Crippen LogP contribution in [0.25, 0.3) is 0 Å². The fraction of sp³-hybridized carbons (Fsp3) is 0.556. The number of amides is 2. The van der Waals surface area contributed by atoms with Crippen LogP contribution in [-0.2, 0) is 16.1 Å². The summed E-state index contributed by atoms with van der Waals surface area (Å²) in [7, 11) is 0. The largest absolute Gasteiger partial charge is 0.351 e. The van der Waals surface area contributed by atoms with Gasteiger partial charge in [-0.15, -0.1) is 0 Å². The number of carbonyl (C=O) groups is 2. The Morgan fingerprint density at radius 1 is 1.35 bits per heavy atom. The minimum Gasteiger partial charge on any atom is -0.351 e. The van der Waals surface area contributed by atoms with Crippen LogP contribution in [0.15, 0.2) is 24.3 Å². The smallest absolute Gasteiger partial charge is 0.237 e. The van der Waals surface area contributed by atoms with Crippen LogP contribution in [0, 0.1) is 5.92 Å². The molecular formula is C18H27N3O2. The van der Waals surface area contributed by atoms with Gasteiger partial charge in [0.25, 0.3) is 0 Å². The van der Waals surface area contributed by atoms with E-state index in [0.717, 1.165) is 43.5 Å². The fourth-order valence-electron chi connectivity index (χ4n) is 2.60. The van der Waals surface area contributed by atoms with Gasteiger partial charge in [-0.1, -0.05) is 32.4 Å². The van der Waals surface area contributed by atoms with E-state index < -0.39 is 0 Å². The van der Waals surface area contributed by atoms with Crippen LogP contribution in [-0.4, -0.2) is 24.4 Å². The average molecular weight is 317 g/mol. The molecule has 1 aromatic carbocycles. The molecule has 1 saturated heterocycles. The lowest BCUT2D eigenvalue weighted by molar-refractivity contribution is -0.124. The van der Waals surface area contributed by atoms with Gasteiger partial charge in [-0.25, -0.2) is 0 Å². The Hall–Kier alpha value is -1.88. The van der Waals surface area contributed by atoms with E-state index in [1.807, 2.05) is 38.1 Å². The van der Waals surface area contributed by atoms with E-state index in [1.165, 1.54) is 0 Å². The lowest BCUT2D eigenvalue weighted by Crippen LogP contribution is -2.46. The molecule has 2 atom stereocenters. The van der Waals surface area contributed by atoms with Crippen molar-refractivity contribution in [3.8, 4) is 0 Å². The number of anilines is 1. The second-order valence-electron chi connectivity index (χ2n) is 6.22. The molecule has 1 aromatic rings. The molecule has 0 aromatic heterocycles. The van der Waals surface area contributed by atoms with Crippen LogP contribution in [0.5, 0.6) is 0 Å². The summed E-state index contributed by atoms with van der Waals surface area (Å²) in [5, 5.41) is 9.13. The monoisotopic (exact) mass is 317 g/mol. The molecule has 1 aliphatic heterocycles. The molecule has 0 radical (unpaired) electrons. The highest BCUT2D eigenvalue weighted by Gasteiger charge is 2.19. The van der Waals surface area contributed by atoms with Gasteiger partial charge in [0.05, 0.1) is 6.04 Å². The van der Waals surface area contributed by atoms with Crippen molar-refractivity contribution in [3.63, 3.8) is 0 Å². The Bertz CT molecular complexity index is 539. The summed E-state index contributed by atoms with van der Waals surface area (Å²) in [6, 6.07) is 7.56. The quantitative estimate of drug-likeness (QED) is 0.755. The molecule has 5 heteroatoms. The van der Waals surface area contributed by atoms with Gasteiger partial charge in [0.1, 0.15) is 0 Å². The van der Waals surface area contributed by atoms with Gasteiger partial charge in [-0.05, 0) is 43.5 Å². The first-order valence-corrected chi connectivity index (χ1v) is 8.51. The van der Waals surface area contributed by atoms with E-state index in [9.17, 15) is 9.59 Å². The molecule has 1 aliphatic rings. The molecule has 0 saturated carbocycles. The third kappa shape index (κ3) is 5.36. The number of piperidine rings is 1. The minimum absolute atomic E-state index is 0.00395. The normalized spacial score (nSPS) is 19.0. The highest BCUT2D eigenvalue weighted by atomic mass is 16.2. The zero-order valence-electron chi connectivity index (χ0n) is 14.0. The summed E-state index contributed by atoms with van der Waals surface area (Å²) >= 11 is 0. The molecule has 23 heavy (non-hydrogen) atoms. The van der Waals surface area contributed by atoms with Crippen molar-refractivity contribution < 1.29 is 9.59 Å². The lowest BCUT2D eigenvalue weighted by Gasteiger charge is -2.22. The van der Waals surface area contributed by atoms with Crippen molar-refractivity contribution in [2.45, 2.75) is 52.1 Å². The van der Waals surface area contributed by atoms with Gasteiger partial charge in [0.2, 0.25) is 11.8 Å². The Kier molecular flexibility index (Phi) is 6.59. The molecule has 0 aliphatic carbocycles. The number of hydrogen-bond donors (Lipinski definition) is 3. The Morgan fingerprint density at radius 2 is 2.17 bits per heavy atom. The van der Waals surface area contributed by atoms with Gasteiger partial charge in [-0.2, -0.15) is 0 Å². The molecule has 5 nitrogen and oxygen atoms in total. The van der Waals surface area contributed by atoms with Crippen LogP contribution in [0.2, 0.25) is 0 Å². The molecule has 2 amide bonds. The summed E-state index contributed by atoms with van der Waals surface area (Å²) in [5.74, 6) is 0.0783. The van der Waals surface area contributed by atoms with Gasteiger partial charge in [0.15, 0.2) is 0 Å². The number of rotatable bonds is 6. The third-order valence-electron chi connectivity index (χ3n) is 4.35. The Labute approximate surface area is 138 Å². The topological polar surface area (TPSA) is 70.2 Å². The highest BCUT2D eigenvalue weighted by Crippen LogP contribution is 2.13. The number of hydrogen-bond acceptors (Lipinski definition) is 3. The van der Waals surface area contributed by atoms with Gasteiger partial charge in [0, 0.05) is 18.2 Å². The van der Waals surface area contributed by atoms with Gasteiger partial charge in [-0.3, -0.25) is 9.59 Å². The first-order valence-electron chi connectivity index (χ1n) is 8.51. The highest BCUT2D eigenvalue weighted by molar-refractivity contribution is 5.92. The maximum Gasteiger partial charge on any atom is 0.237 e. The van der Waals surface area contributed by atoms with Crippen molar-refractivity contribution in [2.75, 3.05) is 11.9 Å². The molecule has 3 N–H and O–H groups in total. The first kappa shape index (κ1) is 17.5. The maximum atomic E-state index is 12.1. The summed E-state index contributed by atoms with van der Waals surface area (Å²) < 4.78 is 0. The zero-order valence-corrected chi connectivity index (χ0v) is 14.0. The second-order valence-corrected chi connectivity index (χ2v) is 6.22. The summed E-state index contributed by atoms with van der Waals surface area (Å²) in [4.78, 5) is 24.1. The SMILES string of the molecule is CCC(C)C(=O)Nc1cccc(CNC(=O)C2CCCCN2)c1. The van der Waals surface area contributed by atoms with Crippen LogP contribution < -0.4 is 16.0 Å². The summed E-state index contributed by atoms with van der Waals surface area (Å²) in [6.45, 7) is 5.30. The summed E-state index contributed by atoms with van der Waals surface area (Å²) in [6.07, 6.45) is 3.96. The molecule has 2 unspecified atom stereocenters. The average Bonchev–Trinajstić information content (AvgIpc) is 2.60. The third-order valence-corrected chi connectivity index (χ3v) is 4.35. The predicted octanol–water partition coefficient (Wildman–Crippen LogP) is 2.43. The number of carbonyl (C=O) groups excluding carboxylic acids is 2. The van der Waals surface area contributed by atoms with E-state index in [2.05, 4.69) is 16.0 Å². The fourth-order valence-corrected chi connectivity index (χ4v) is 2.60. The predicted molar refractivity (Wildman–Crippen MR) is 92.0 cm³/mol. The van der Waals surface area contributed by atoms with E-state index >= 15 is 0 Å². The molecule has 1 heterocycles. The number of nitrogens with one attached hydrogen (secondary N) is 3. The van der Waals surface area contributed by atoms with Crippen molar-refractivity contribution in [3.05, 3.63) is 29.8 Å². The van der Waals surface area contributed by atoms with Crippen molar-refractivity contribution in [1.82, 2.24) is 10.6 Å². The van der Waals surface area contributed by atoms with Crippen LogP contribution >= 0.6 is 0 Å². The van der Waals surface area contributed by atoms with Gasteiger partial charge >= 0.3 is 0 Å².